The molecule has 0 rings (SSSR count). The fourth-order valence-corrected chi connectivity index (χ4v) is 0. The monoisotopic (exact) mass is 264 g/mol. The van der Waals surface area contributed by atoms with Crippen LogP contribution in [0.15, 0.2) is 0 Å². The van der Waals surface area contributed by atoms with Crippen LogP contribution in [0.25, 0.3) is 0 Å². The van der Waals surface area contributed by atoms with Crippen molar-refractivity contribution in [1.82, 2.24) is 0 Å². The van der Waals surface area contributed by atoms with Crippen LogP contribution < -0.4 is 37.7 Å². The first kappa shape index (κ1) is 798. The molecule has 0 aromatic rings. The number of hydrogen-bond acceptors (Lipinski definition) is 2. The Hall–Kier alpha value is 1.90. The standard InChI is InChI=1S/2Cr.2Li.2H2O.7O/h;;;;2*1H2;;;;;;;/q2*+6;2*+1;;;7*-2/p-2. The minimum absolute atomic E-state index is 0. The van der Waals surface area contributed by atoms with Crippen LogP contribution in [0.5, 0.6) is 0 Å². The van der Waals surface area contributed by atoms with Gasteiger partial charge in [0.2, 0.25) is 0 Å². The van der Waals surface area contributed by atoms with Crippen molar-refractivity contribution in [2.75, 3.05) is 0 Å². The molecule has 9 nitrogen and oxygen atoms in total. The van der Waals surface area contributed by atoms with E-state index in [1.54, 1.807) is 0 Å². The van der Waals surface area contributed by atoms with E-state index in [1.807, 2.05) is 0 Å². The van der Waals surface area contributed by atoms with Gasteiger partial charge >= 0.3 is 72.4 Å². The third-order valence-corrected chi connectivity index (χ3v) is 0. The van der Waals surface area contributed by atoms with Gasteiger partial charge in [0, 0.05) is 0 Å². The smallest absolute Gasteiger partial charge is 2.00 e. The molecule has 13 heavy (non-hydrogen) atoms. The van der Waals surface area contributed by atoms with Crippen LogP contribution in [0.3, 0.4) is 0 Å². The van der Waals surface area contributed by atoms with E-state index in [-0.39, 0.29) is 122 Å². The van der Waals surface area contributed by atoms with Crippen LogP contribution in [0.4, 0.5) is 0 Å². The molecule has 13 heteroatoms. The van der Waals surface area contributed by atoms with Gasteiger partial charge in [-0.25, -0.2) is 0 Å². The molecular weight excluding hydrogens is 262 g/mol. The third-order valence-electron chi connectivity index (χ3n) is 0. The summed E-state index contributed by atoms with van der Waals surface area (Å²) in [6.07, 6.45) is 0. The fraction of sp³-hybridized carbons (Fsp3) is 0. The summed E-state index contributed by atoms with van der Waals surface area (Å²) in [4.78, 5) is 0. The summed E-state index contributed by atoms with van der Waals surface area (Å²) in [5.74, 6) is 0. The third kappa shape index (κ3) is 545. The van der Waals surface area contributed by atoms with Crippen molar-refractivity contribution in [3.63, 3.8) is 0 Å². The summed E-state index contributed by atoms with van der Waals surface area (Å²) in [5.41, 5.74) is 0. The fourth-order valence-electron chi connectivity index (χ4n) is 0. The van der Waals surface area contributed by atoms with Crippen LogP contribution >= 0.6 is 0 Å². The average molecular weight is 264 g/mol. The zero-order valence-electron chi connectivity index (χ0n) is 6.57. The van der Waals surface area contributed by atoms with Gasteiger partial charge in [-0.1, -0.05) is 0 Å². The number of hydrogen-bond donors (Lipinski definition) is 0. The summed E-state index contributed by atoms with van der Waals surface area (Å²) in [6.45, 7) is 0. The molecule has 0 amide bonds. The second-order valence-electron chi connectivity index (χ2n) is 0. The largest absolute Gasteiger partial charge is 6.00 e. The van der Waals surface area contributed by atoms with Crippen molar-refractivity contribution in [2.45, 2.75) is 0 Å². The Balaban J connectivity index is 0. The SMILES string of the molecule is [Cr+6].[Cr+6].[Li+].[Li+].[O-2].[O-2].[O-2].[O-2].[O-2].[O-2].[O-2].[OH-].[OH-]. The normalized spacial score (nSPS) is 0. The maximum Gasteiger partial charge on any atom is 6.00 e. The van der Waals surface area contributed by atoms with E-state index >= 15 is 0 Å². The van der Waals surface area contributed by atoms with Gasteiger partial charge in [0.1, 0.15) is 0 Å². The second-order valence-corrected chi connectivity index (χ2v) is 0. The summed E-state index contributed by atoms with van der Waals surface area (Å²) in [6, 6.07) is 0. The van der Waals surface area contributed by atoms with Crippen LogP contribution in [-0.4, -0.2) is 11.0 Å². The van der Waals surface area contributed by atoms with Crippen molar-refractivity contribution in [3.05, 3.63) is 0 Å². The zero-order valence-corrected chi connectivity index (χ0v) is 9.12. The molecule has 0 aliphatic heterocycles. The van der Waals surface area contributed by atoms with Gasteiger partial charge < -0.3 is 49.3 Å². The molecular formula is H2Cr2Li2O9-2. The van der Waals surface area contributed by atoms with Gasteiger partial charge in [-0.2, -0.15) is 0 Å². The van der Waals surface area contributed by atoms with E-state index in [1.165, 1.54) is 0 Å². The molecule has 0 spiro atoms. The van der Waals surface area contributed by atoms with Gasteiger partial charge in [0.15, 0.2) is 0 Å². The Morgan fingerprint density at radius 1 is 0.308 bits per heavy atom. The van der Waals surface area contributed by atoms with Crippen LogP contribution in [0.2, 0.25) is 0 Å². The molecule has 0 unspecified atom stereocenters. The van der Waals surface area contributed by atoms with Crippen molar-refractivity contribution in [1.29, 1.82) is 0 Å². The first-order valence-electron chi connectivity index (χ1n) is 0. The minimum atomic E-state index is 0. The van der Waals surface area contributed by atoms with Crippen molar-refractivity contribution in [2.24, 2.45) is 0 Å². The molecule has 0 aliphatic carbocycles. The van der Waals surface area contributed by atoms with E-state index in [0.29, 0.717) is 0 Å². The van der Waals surface area contributed by atoms with Crippen LogP contribution in [0, 0.1) is 0 Å². The molecule has 0 atom stereocenters. The molecule has 0 aromatic carbocycles. The van der Waals surface area contributed by atoms with E-state index in [2.05, 4.69) is 0 Å². The molecule has 2 N–H and O–H groups in total. The summed E-state index contributed by atoms with van der Waals surface area (Å²) >= 11 is 0. The van der Waals surface area contributed by atoms with Gasteiger partial charge in [-0.05, 0) is 0 Å². The maximum absolute atomic E-state index is 0. The Kier molecular flexibility index (Phi) is 39300. The summed E-state index contributed by atoms with van der Waals surface area (Å²) in [7, 11) is 0. The minimum Gasteiger partial charge on any atom is -2.00 e. The van der Waals surface area contributed by atoms with Gasteiger partial charge in [-0.3, -0.25) is 0 Å². The Bertz CT molecular complexity index is 15.6. The first-order chi connectivity index (χ1) is 0. The number of rotatable bonds is 0. The Morgan fingerprint density at radius 3 is 0.308 bits per heavy atom. The molecule has 0 saturated heterocycles. The molecule has 0 aromatic heterocycles. The quantitative estimate of drug-likeness (QED) is 0.385. The first-order valence-corrected chi connectivity index (χ1v) is 0. The topological polar surface area (TPSA) is 260 Å². The molecule has 0 saturated carbocycles. The van der Waals surface area contributed by atoms with Gasteiger partial charge in [-0.15, -0.1) is 0 Å². The maximum atomic E-state index is 0. The van der Waals surface area contributed by atoms with Gasteiger partial charge in [0.25, 0.3) is 0 Å². The second kappa shape index (κ2) is 641. The van der Waals surface area contributed by atoms with Crippen molar-refractivity contribution < 1.29 is 122 Å². The molecule has 0 aliphatic rings. The summed E-state index contributed by atoms with van der Waals surface area (Å²) in [5, 5.41) is 0. The zero-order chi connectivity index (χ0) is 0. The van der Waals surface area contributed by atoms with E-state index in [9.17, 15) is 0 Å². The Labute approximate surface area is 121 Å². The van der Waals surface area contributed by atoms with E-state index in [0.717, 1.165) is 0 Å². The molecule has 0 heterocycles. The van der Waals surface area contributed by atoms with Crippen LogP contribution in [0.1, 0.15) is 0 Å². The Morgan fingerprint density at radius 2 is 0.308 bits per heavy atom. The average Bonchev–Trinajstić information content (AvgIpc) is 0. The van der Waals surface area contributed by atoms with Gasteiger partial charge in [0.05, 0.1) is 0 Å². The van der Waals surface area contributed by atoms with E-state index in [4.69, 9.17) is 0 Å². The van der Waals surface area contributed by atoms with Crippen LogP contribution in [-0.2, 0) is 73.1 Å². The predicted molar refractivity (Wildman–Crippen MR) is 8.68 cm³/mol. The molecule has 0 fully saturated rings. The molecule has 0 radical (unpaired) electrons. The molecule has 0 bridgehead atoms. The predicted octanol–water partition coefficient (Wildman–Crippen LogP) is -7.18. The molecule has 72 valence electrons. The van der Waals surface area contributed by atoms with Crippen molar-refractivity contribution in [3.8, 4) is 0 Å². The summed E-state index contributed by atoms with van der Waals surface area (Å²) < 4.78 is 0. The van der Waals surface area contributed by atoms with Crippen molar-refractivity contribution >= 4 is 0 Å². The van der Waals surface area contributed by atoms with E-state index < -0.39 is 0 Å².